The number of amides is 1. The van der Waals surface area contributed by atoms with Crippen molar-refractivity contribution in [2.75, 3.05) is 12.3 Å². The smallest absolute Gasteiger partial charge is 0.265 e. The lowest BCUT2D eigenvalue weighted by atomic mass is 9.70. The van der Waals surface area contributed by atoms with E-state index < -0.39 is 27.3 Å². The van der Waals surface area contributed by atoms with Crippen LogP contribution in [0.4, 0.5) is 0 Å². The van der Waals surface area contributed by atoms with E-state index in [1.165, 1.54) is 10.4 Å². The predicted molar refractivity (Wildman–Crippen MR) is 137 cm³/mol. The van der Waals surface area contributed by atoms with E-state index in [1.807, 2.05) is 32.0 Å². The van der Waals surface area contributed by atoms with Crippen LogP contribution in [-0.2, 0) is 32.7 Å². The Hall–Kier alpha value is -1.78. The molecule has 35 heavy (non-hydrogen) atoms. The SMILES string of the molecule is CC1(C)C2CCC1(CS(=O)(=O)O)C(=O)C2.NC(=O)[C@H](c1ccccc1Cl)N1CCc2sccc2C1. The molecule has 2 fully saturated rings. The number of nitrogens with two attached hydrogens (primary N) is 1. The van der Waals surface area contributed by atoms with E-state index in [9.17, 15) is 18.0 Å². The fourth-order valence-electron chi connectivity index (χ4n) is 6.14. The third-order valence-electron chi connectivity index (χ3n) is 8.24. The van der Waals surface area contributed by atoms with Gasteiger partial charge in [0.2, 0.25) is 5.91 Å². The number of ketones is 1. The van der Waals surface area contributed by atoms with E-state index in [4.69, 9.17) is 21.9 Å². The molecule has 1 aromatic heterocycles. The van der Waals surface area contributed by atoms with Crippen LogP contribution in [0.1, 0.15) is 55.2 Å². The van der Waals surface area contributed by atoms with E-state index in [1.54, 1.807) is 17.4 Å². The van der Waals surface area contributed by atoms with Gasteiger partial charge in [-0.1, -0.05) is 43.6 Å². The van der Waals surface area contributed by atoms with Gasteiger partial charge in [-0.25, -0.2) is 0 Å². The Balaban J connectivity index is 0.000000172. The molecule has 7 nitrogen and oxygen atoms in total. The summed E-state index contributed by atoms with van der Waals surface area (Å²) in [6.45, 7) is 5.46. The summed E-state index contributed by atoms with van der Waals surface area (Å²) in [6.07, 6.45) is 2.93. The molecule has 2 heterocycles. The van der Waals surface area contributed by atoms with Gasteiger partial charge in [0.1, 0.15) is 11.8 Å². The minimum Gasteiger partial charge on any atom is -0.368 e. The number of carbonyl (C=O) groups is 2. The first-order valence-corrected chi connectivity index (χ1v) is 14.5. The van der Waals surface area contributed by atoms with Gasteiger partial charge >= 0.3 is 0 Å². The second kappa shape index (κ2) is 9.59. The molecule has 3 atom stereocenters. The molecule has 2 unspecified atom stereocenters. The number of hydrogen-bond donors (Lipinski definition) is 2. The van der Waals surface area contributed by atoms with Gasteiger partial charge in [-0.3, -0.25) is 19.0 Å². The van der Waals surface area contributed by atoms with E-state index in [0.29, 0.717) is 17.9 Å². The maximum absolute atomic E-state index is 11.9. The van der Waals surface area contributed by atoms with Crippen LogP contribution in [0.3, 0.4) is 0 Å². The molecule has 1 aromatic carbocycles. The molecule has 3 N–H and O–H groups in total. The van der Waals surface area contributed by atoms with Crippen molar-refractivity contribution in [3.63, 3.8) is 0 Å². The van der Waals surface area contributed by atoms with E-state index >= 15 is 0 Å². The van der Waals surface area contributed by atoms with Crippen LogP contribution in [0.5, 0.6) is 0 Å². The monoisotopic (exact) mass is 538 g/mol. The molecule has 3 aliphatic rings. The molecule has 1 amide bonds. The van der Waals surface area contributed by atoms with Crippen LogP contribution in [0.2, 0.25) is 5.02 Å². The third-order valence-corrected chi connectivity index (χ3v) is 10.5. The number of benzene rings is 1. The maximum Gasteiger partial charge on any atom is 0.265 e. The van der Waals surface area contributed by atoms with Gasteiger partial charge in [0, 0.05) is 29.4 Å². The lowest BCUT2D eigenvalue weighted by molar-refractivity contribution is -0.128. The number of rotatable bonds is 5. The Morgan fingerprint density at radius 3 is 2.60 bits per heavy atom. The van der Waals surface area contributed by atoms with Crippen molar-refractivity contribution < 1.29 is 22.6 Å². The highest BCUT2D eigenvalue weighted by Crippen LogP contribution is 2.64. The number of nitrogens with zero attached hydrogens (tertiary/aromatic N) is 1. The molecule has 0 spiro atoms. The quantitative estimate of drug-likeness (QED) is 0.549. The number of halogens is 1. The van der Waals surface area contributed by atoms with Gasteiger partial charge in [0.05, 0.1) is 11.2 Å². The molecule has 1 aliphatic heterocycles. The van der Waals surface area contributed by atoms with E-state index in [2.05, 4.69) is 16.3 Å². The summed E-state index contributed by atoms with van der Waals surface area (Å²) in [6, 6.07) is 9.08. The first-order valence-electron chi connectivity index (χ1n) is 11.7. The Kier molecular flexibility index (Phi) is 7.20. The molecule has 0 radical (unpaired) electrons. The van der Waals surface area contributed by atoms with Crippen molar-refractivity contribution in [1.29, 1.82) is 0 Å². The van der Waals surface area contributed by atoms with E-state index in [0.717, 1.165) is 31.5 Å². The fraction of sp³-hybridized carbons (Fsp3) is 0.520. The molecule has 2 saturated carbocycles. The van der Waals surface area contributed by atoms with Crippen LogP contribution in [-0.4, -0.2) is 41.9 Å². The maximum atomic E-state index is 11.9. The Morgan fingerprint density at radius 1 is 1.31 bits per heavy atom. The lowest BCUT2D eigenvalue weighted by Crippen LogP contribution is -2.42. The normalized spacial score (nSPS) is 26.1. The Labute approximate surface area is 215 Å². The first kappa shape index (κ1) is 26.3. The molecule has 2 aromatic rings. The van der Waals surface area contributed by atoms with Gasteiger partial charge in [-0.05, 0) is 59.2 Å². The van der Waals surface area contributed by atoms with Crippen LogP contribution >= 0.6 is 22.9 Å². The Morgan fingerprint density at radius 2 is 2.03 bits per heavy atom. The van der Waals surface area contributed by atoms with Crippen molar-refractivity contribution in [1.82, 2.24) is 4.90 Å². The van der Waals surface area contributed by atoms with Crippen molar-refractivity contribution in [3.8, 4) is 0 Å². The zero-order valence-corrected chi connectivity index (χ0v) is 22.3. The second-order valence-corrected chi connectivity index (χ2v) is 13.2. The highest BCUT2D eigenvalue weighted by molar-refractivity contribution is 7.85. The van der Waals surface area contributed by atoms with Gasteiger partial charge in [0.25, 0.3) is 10.1 Å². The summed E-state index contributed by atoms with van der Waals surface area (Å²) in [5.74, 6) is -0.451. The zero-order valence-electron chi connectivity index (χ0n) is 19.9. The van der Waals surface area contributed by atoms with Gasteiger partial charge in [-0.15, -0.1) is 11.3 Å². The van der Waals surface area contributed by atoms with Crippen LogP contribution in [0.15, 0.2) is 35.7 Å². The molecular weight excluding hydrogens is 508 g/mol. The molecule has 0 saturated heterocycles. The van der Waals surface area contributed by atoms with E-state index in [-0.39, 0.29) is 23.0 Å². The first-order chi connectivity index (χ1) is 16.4. The van der Waals surface area contributed by atoms with Gasteiger partial charge in [0.15, 0.2) is 0 Å². The number of primary amides is 1. The standard InChI is InChI=1S/C15H15ClN2OS.C10H16O4S/c16-12-4-2-1-3-11(12)14(15(17)19)18-7-5-13-10(9-18)6-8-20-13;1-9(2)7-3-4-10(9,8(11)5-7)6-15(12,13)14/h1-4,6,8,14H,5,7,9H2,(H2,17,19);7H,3-6H2,1-2H3,(H,12,13,14)/t14-;/m0./s1. The lowest BCUT2D eigenvalue weighted by Gasteiger charge is -2.35. The average Bonchev–Trinajstić information content (AvgIpc) is 3.37. The summed E-state index contributed by atoms with van der Waals surface area (Å²) < 4.78 is 31.0. The summed E-state index contributed by atoms with van der Waals surface area (Å²) in [5, 5.41) is 2.69. The summed E-state index contributed by atoms with van der Waals surface area (Å²) in [4.78, 5) is 27.3. The predicted octanol–water partition coefficient (Wildman–Crippen LogP) is 4.26. The summed E-state index contributed by atoms with van der Waals surface area (Å²) in [7, 11) is -4.08. The minimum absolute atomic E-state index is 0.0152. The Bertz CT molecular complexity index is 1240. The number of Topliss-reactive ketones (excluding diaryl/α,β-unsaturated/α-hetero) is 1. The summed E-state index contributed by atoms with van der Waals surface area (Å²) >= 11 is 8.01. The highest BCUT2D eigenvalue weighted by Gasteiger charge is 2.65. The molecule has 2 aliphatic carbocycles. The summed E-state index contributed by atoms with van der Waals surface area (Å²) in [5.41, 5.74) is 6.59. The van der Waals surface area contributed by atoms with Crippen LogP contribution < -0.4 is 5.73 Å². The number of thiophene rings is 1. The molecule has 10 heteroatoms. The van der Waals surface area contributed by atoms with Crippen LogP contribution in [0, 0.1) is 16.7 Å². The number of fused-ring (bicyclic) bond motifs is 3. The van der Waals surface area contributed by atoms with Crippen molar-refractivity contribution in [2.45, 2.75) is 52.1 Å². The number of hydrogen-bond acceptors (Lipinski definition) is 6. The zero-order chi connectivity index (χ0) is 25.6. The van der Waals surface area contributed by atoms with Crippen LogP contribution in [0.25, 0.3) is 0 Å². The van der Waals surface area contributed by atoms with Gasteiger partial charge in [-0.2, -0.15) is 8.42 Å². The second-order valence-electron chi connectivity index (χ2n) is 10.3. The molecule has 2 bridgehead atoms. The molecular formula is C25H31ClN2O5S2. The number of carbonyl (C=O) groups excluding carboxylic acids is 2. The van der Waals surface area contributed by atoms with Gasteiger partial charge < -0.3 is 5.73 Å². The van der Waals surface area contributed by atoms with Crippen molar-refractivity contribution in [3.05, 3.63) is 56.7 Å². The minimum atomic E-state index is -4.08. The topological polar surface area (TPSA) is 118 Å². The van der Waals surface area contributed by atoms with Crippen molar-refractivity contribution in [2.24, 2.45) is 22.5 Å². The third kappa shape index (κ3) is 4.93. The largest absolute Gasteiger partial charge is 0.368 e. The molecule has 190 valence electrons. The fourth-order valence-corrected chi connectivity index (χ4v) is 8.57. The average molecular weight is 539 g/mol. The van der Waals surface area contributed by atoms with Crippen molar-refractivity contribution >= 4 is 44.7 Å². The molecule has 5 rings (SSSR count). The highest BCUT2D eigenvalue weighted by atomic mass is 35.5.